The molecule has 0 aliphatic rings. The maximum atomic E-state index is 5.41. The molecule has 0 heterocycles. The summed E-state index contributed by atoms with van der Waals surface area (Å²) in [4.78, 5) is 0. The highest BCUT2D eigenvalue weighted by atomic mass is 35.5. The topological polar surface area (TPSA) is 0 Å². The van der Waals surface area contributed by atoms with E-state index in [0.29, 0.717) is 0 Å². The summed E-state index contributed by atoms with van der Waals surface area (Å²) in [7, 11) is 0. The molecule has 0 aliphatic carbocycles. The smallest absolute Gasteiger partial charge is 0.0336 e. The number of hydrogen-bond acceptors (Lipinski definition) is 0. The summed E-state index contributed by atoms with van der Waals surface area (Å²) in [5, 5.41) is 0.231. The summed E-state index contributed by atoms with van der Waals surface area (Å²) in [5.41, 5.74) is 0. The third-order valence-electron chi connectivity index (χ3n) is 0.459. The van der Waals surface area contributed by atoms with Gasteiger partial charge in [0, 0.05) is 5.38 Å². The normalized spacial score (nSPS) is 15.0. The Morgan fingerprint density at radius 2 is 2.00 bits per heavy atom. The van der Waals surface area contributed by atoms with Gasteiger partial charge in [-0.05, 0) is 13.3 Å². The van der Waals surface area contributed by atoms with Gasteiger partial charge in [-0.1, -0.05) is 6.92 Å². The van der Waals surface area contributed by atoms with Crippen LogP contribution in [0.2, 0.25) is 0 Å². The SMILES string of the molecule is C[CH][C@H](C)Cl. The van der Waals surface area contributed by atoms with Crippen molar-refractivity contribution in [3.05, 3.63) is 6.42 Å². The Morgan fingerprint density at radius 3 is 2.00 bits per heavy atom. The second kappa shape index (κ2) is 2.52. The Hall–Kier alpha value is 0.290. The van der Waals surface area contributed by atoms with E-state index in [-0.39, 0.29) is 5.38 Å². The molecule has 5 heavy (non-hydrogen) atoms. The van der Waals surface area contributed by atoms with Crippen molar-refractivity contribution < 1.29 is 0 Å². The van der Waals surface area contributed by atoms with E-state index in [1.165, 1.54) is 0 Å². The number of rotatable bonds is 1. The van der Waals surface area contributed by atoms with Crippen LogP contribution in [0.3, 0.4) is 0 Å². The van der Waals surface area contributed by atoms with Crippen LogP contribution in [0.5, 0.6) is 0 Å². The Kier molecular flexibility index (Phi) is 2.67. The Balaban J connectivity index is 2.54. The summed E-state index contributed by atoms with van der Waals surface area (Å²) in [6.07, 6.45) is 1.93. The average molecular weight is 91.6 g/mol. The Bertz CT molecular complexity index is 17.6. The first-order valence-corrected chi connectivity index (χ1v) is 2.14. The van der Waals surface area contributed by atoms with Crippen LogP contribution in [0.4, 0.5) is 0 Å². The van der Waals surface area contributed by atoms with E-state index in [1.807, 2.05) is 20.3 Å². The molecule has 0 bridgehead atoms. The minimum absolute atomic E-state index is 0.231. The zero-order valence-electron chi connectivity index (χ0n) is 3.53. The van der Waals surface area contributed by atoms with Gasteiger partial charge in [-0.25, -0.2) is 0 Å². The molecule has 0 rings (SSSR count). The molecule has 0 aromatic carbocycles. The molecule has 0 unspecified atom stereocenters. The van der Waals surface area contributed by atoms with Gasteiger partial charge >= 0.3 is 0 Å². The molecule has 0 nitrogen and oxygen atoms in total. The molecular formula is C4H8Cl. The van der Waals surface area contributed by atoms with Gasteiger partial charge in [0.15, 0.2) is 0 Å². The number of halogens is 1. The molecule has 0 spiro atoms. The van der Waals surface area contributed by atoms with Crippen molar-refractivity contribution in [2.75, 3.05) is 0 Å². The zero-order valence-corrected chi connectivity index (χ0v) is 4.29. The van der Waals surface area contributed by atoms with Gasteiger partial charge < -0.3 is 0 Å². The average Bonchev–Trinajstić information content (AvgIpc) is 1.38. The van der Waals surface area contributed by atoms with Crippen LogP contribution in [0.1, 0.15) is 13.8 Å². The second-order valence-electron chi connectivity index (χ2n) is 1.01. The lowest BCUT2D eigenvalue weighted by Gasteiger charge is -1.87. The molecule has 0 fully saturated rings. The highest BCUT2D eigenvalue weighted by Gasteiger charge is 1.83. The van der Waals surface area contributed by atoms with Crippen molar-refractivity contribution in [3.63, 3.8) is 0 Å². The van der Waals surface area contributed by atoms with E-state index in [9.17, 15) is 0 Å². The lowest BCUT2D eigenvalue weighted by molar-refractivity contribution is 1.10. The zero-order chi connectivity index (χ0) is 4.28. The highest BCUT2D eigenvalue weighted by Crippen LogP contribution is 1.93. The molecule has 0 aliphatic heterocycles. The van der Waals surface area contributed by atoms with Crippen molar-refractivity contribution in [3.8, 4) is 0 Å². The number of alkyl halides is 1. The van der Waals surface area contributed by atoms with Gasteiger partial charge in [-0.15, -0.1) is 11.6 Å². The molecule has 1 heteroatoms. The highest BCUT2D eigenvalue weighted by molar-refractivity contribution is 6.21. The van der Waals surface area contributed by atoms with Gasteiger partial charge in [0.05, 0.1) is 0 Å². The minimum Gasteiger partial charge on any atom is -0.123 e. The predicted octanol–water partition coefficient (Wildman–Crippen LogP) is 1.84. The van der Waals surface area contributed by atoms with Gasteiger partial charge in [-0.2, -0.15) is 0 Å². The van der Waals surface area contributed by atoms with Gasteiger partial charge in [0.1, 0.15) is 0 Å². The Labute approximate surface area is 38.1 Å². The molecule has 0 saturated heterocycles. The Morgan fingerprint density at radius 1 is 1.80 bits per heavy atom. The molecular weight excluding hydrogens is 83.5 g/mol. The van der Waals surface area contributed by atoms with Crippen LogP contribution < -0.4 is 0 Å². The molecule has 0 amide bonds. The molecule has 0 saturated carbocycles. The fourth-order valence-electron chi connectivity index (χ4n) is 0. The van der Waals surface area contributed by atoms with Crippen molar-refractivity contribution in [2.45, 2.75) is 19.2 Å². The second-order valence-corrected chi connectivity index (χ2v) is 1.70. The standard InChI is InChI=1S/C4H8Cl/c1-3-4(2)5/h3-4H,1-2H3/t4-/m0/s1. The molecule has 0 aromatic heterocycles. The third-order valence-corrected chi connectivity index (χ3v) is 0.711. The van der Waals surface area contributed by atoms with Crippen LogP contribution in [-0.2, 0) is 0 Å². The summed E-state index contributed by atoms with van der Waals surface area (Å²) >= 11 is 5.41. The summed E-state index contributed by atoms with van der Waals surface area (Å²) in [6.45, 7) is 3.87. The lowest BCUT2D eigenvalue weighted by Crippen LogP contribution is -1.82. The van der Waals surface area contributed by atoms with Crippen LogP contribution in [0.25, 0.3) is 0 Å². The first-order chi connectivity index (χ1) is 2.27. The summed E-state index contributed by atoms with van der Waals surface area (Å²) in [6, 6.07) is 0. The molecule has 0 N–H and O–H groups in total. The van der Waals surface area contributed by atoms with Crippen molar-refractivity contribution >= 4 is 11.6 Å². The molecule has 31 valence electrons. The van der Waals surface area contributed by atoms with E-state index >= 15 is 0 Å². The van der Waals surface area contributed by atoms with Crippen molar-refractivity contribution in [1.29, 1.82) is 0 Å². The molecule has 1 radical (unpaired) electrons. The van der Waals surface area contributed by atoms with Crippen LogP contribution in [0.15, 0.2) is 0 Å². The molecule has 0 aromatic rings. The fraction of sp³-hybridized carbons (Fsp3) is 0.750. The van der Waals surface area contributed by atoms with Crippen molar-refractivity contribution in [2.24, 2.45) is 0 Å². The fourth-order valence-corrected chi connectivity index (χ4v) is 0. The third kappa shape index (κ3) is 4.29. The van der Waals surface area contributed by atoms with E-state index in [0.717, 1.165) is 0 Å². The maximum Gasteiger partial charge on any atom is 0.0336 e. The van der Waals surface area contributed by atoms with Crippen LogP contribution >= 0.6 is 11.6 Å². The monoisotopic (exact) mass is 91.0 g/mol. The lowest BCUT2D eigenvalue weighted by atomic mass is 10.4. The first kappa shape index (κ1) is 5.29. The van der Waals surface area contributed by atoms with E-state index in [1.54, 1.807) is 0 Å². The van der Waals surface area contributed by atoms with Gasteiger partial charge in [0.2, 0.25) is 0 Å². The van der Waals surface area contributed by atoms with Gasteiger partial charge in [0.25, 0.3) is 0 Å². The summed E-state index contributed by atoms with van der Waals surface area (Å²) in [5.74, 6) is 0. The van der Waals surface area contributed by atoms with E-state index in [2.05, 4.69) is 0 Å². The predicted molar refractivity (Wildman–Crippen MR) is 25.3 cm³/mol. The van der Waals surface area contributed by atoms with Crippen molar-refractivity contribution in [1.82, 2.24) is 0 Å². The number of hydrogen-bond donors (Lipinski definition) is 0. The van der Waals surface area contributed by atoms with E-state index in [4.69, 9.17) is 11.6 Å². The van der Waals surface area contributed by atoms with Crippen LogP contribution in [-0.4, -0.2) is 5.38 Å². The largest absolute Gasteiger partial charge is 0.123 e. The summed E-state index contributed by atoms with van der Waals surface area (Å²) < 4.78 is 0. The minimum atomic E-state index is 0.231. The first-order valence-electron chi connectivity index (χ1n) is 1.71. The van der Waals surface area contributed by atoms with Gasteiger partial charge in [-0.3, -0.25) is 0 Å². The maximum absolute atomic E-state index is 5.41. The molecule has 1 atom stereocenters. The van der Waals surface area contributed by atoms with Crippen LogP contribution in [0, 0.1) is 6.42 Å². The van der Waals surface area contributed by atoms with E-state index < -0.39 is 0 Å². The quantitative estimate of drug-likeness (QED) is 0.432.